The average molecular weight is 214 g/mol. The molecule has 0 aromatic rings. The molecule has 2 atom stereocenters. The Morgan fingerprint density at radius 1 is 1.64 bits per heavy atom. The van der Waals surface area contributed by atoms with Gasteiger partial charge in [0.1, 0.15) is 0 Å². The summed E-state index contributed by atoms with van der Waals surface area (Å²) in [5.74, 6) is 6.90. The Kier molecular flexibility index (Phi) is 5.60. The molecule has 3 N–H and O–H groups in total. The molecular weight excluding hydrogens is 192 g/mol. The van der Waals surface area contributed by atoms with Crippen molar-refractivity contribution < 1.29 is 0 Å². The Morgan fingerprint density at radius 2 is 2.43 bits per heavy atom. The average Bonchev–Trinajstić information content (AvgIpc) is 2.20. The first-order valence-electron chi connectivity index (χ1n) is 5.46. The molecule has 1 heterocycles. The summed E-state index contributed by atoms with van der Waals surface area (Å²) in [5.41, 5.74) is 4.22. The summed E-state index contributed by atoms with van der Waals surface area (Å²) in [7, 11) is 0. The second kappa shape index (κ2) is 6.49. The van der Waals surface area contributed by atoms with Crippen LogP contribution in [0.5, 0.6) is 0 Å². The van der Waals surface area contributed by atoms with Crippen molar-refractivity contribution in [1.29, 1.82) is 0 Å². The van der Waals surface area contributed by atoms with E-state index in [0.717, 1.165) is 12.8 Å². The SMILES string of the molecule is C=C(C)CCC(NN)C1CCCCS1. The van der Waals surface area contributed by atoms with Crippen LogP contribution in [-0.2, 0) is 0 Å². The normalized spacial score (nSPS) is 24.6. The summed E-state index contributed by atoms with van der Waals surface area (Å²) in [4.78, 5) is 0. The van der Waals surface area contributed by atoms with Gasteiger partial charge < -0.3 is 0 Å². The third kappa shape index (κ3) is 4.03. The molecule has 0 spiro atoms. The predicted octanol–water partition coefficient (Wildman–Crippen LogP) is 2.46. The van der Waals surface area contributed by atoms with Gasteiger partial charge in [0.05, 0.1) is 0 Å². The van der Waals surface area contributed by atoms with Gasteiger partial charge in [0.15, 0.2) is 0 Å². The van der Waals surface area contributed by atoms with Gasteiger partial charge in [0, 0.05) is 11.3 Å². The maximum Gasteiger partial charge on any atom is 0.0332 e. The number of nitrogens with two attached hydrogens (primary N) is 1. The zero-order chi connectivity index (χ0) is 10.4. The fraction of sp³-hybridized carbons (Fsp3) is 0.818. The molecule has 1 saturated heterocycles. The molecular formula is C11H22N2S. The largest absolute Gasteiger partial charge is 0.271 e. The zero-order valence-electron chi connectivity index (χ0n) is 9.09. The summed E-state index contributed by atoms with van der Waals surface area (Å²) in [6, 6.07) is 0.469. The zero-order valence-corrected chi connectivity index (χ0v) is 9.91. The van der Waals surface area contributed by atoms with Crippen molar-refractivity contribution in [3.8, 4) is 0 Å². The van der Waals surface area contributed by atoms with Crippen molar-refractivity contribution in [2.24, 2.45) is 5.84 Å². The highest BCUT2D eigenvalue weighted by Gasteiger charge is 2.22. The van der Waals surface area contributed by atoms with Crippen LogP contribution in [-0.4, -0.2) is 17.0 Å². The highest BCUT2D eigenvalue weighted by Crippen LogP contribution is 2.29. The third-order valence-electron chi connectivity index (χ3n) is 2.76. The topological polar surface area (TPSA) is 38.0 Å². The number of hydrogen-bond donors (Lipinski definition) is 2. The molecule has 1 aliphatic rings. The van der Waals surface area contributed by atoms with Crippen LogP contribution in [0.4, 0.5) is 0 Å². The van der Waals surface area contributed by atoms with Gasteiger partial charge in [-0.25, -0.2) is 0 Å². The molecule has 1 fully saturated rings. The minimum Gasteiger partial charge on any atom is -0.271 e. The molecule has 1 rings (SSSR count). The number of rotatable bonds is 5. The minimum absolute atomic E-state index is 0.469. The number of thioether (sulfide) groups is 1. The molecule has 0 radical (unpaired) electrons. The molecule has 2 unspecified atom stereocenters. The van der Waals surface area contributed by atoms with Gasteiger partial charge in [-0.1, -0.05) is 12.0 Å². The van der Waals surface area contributed by atoms with Gasteiger partial charge in [-0.15, -0.1) is 6.58 Å². The van der Waals surface area contributed by atoms with Crippen LogP contribution in [0.2, 0.25) is 0 Å². The predicted molar refractivity (Wildman–Crippen MR) is 65.3 cm³/mol. The fourth-order valence-electron chi connectivity index (χ4n) is 1.86. The summed E-state index contributed by atoms with van der Waals surface area (Å²) in [6.07, 6.45) is 6.27. The van der Waals surface area contributed by atoms with Crippen LogP contribution < -0.4 is 11.3 Å². The van der Waals surface area contributed by atoms with Gasteiger partial charge in [-0.2, -0.15) is 11.8 Å². The van der Waals surface area contributed by atoms with E-state index in [0.29, 0.717) is 11.3 Å². The van der Waals surface area contributed by atoms with Crippen molar-refractivity contribution in [2.45, 2.75) is 50.3 Å². The van der Waals surface area contributed by atoms with E-state index >= 15 is 0 Å². The molecule has 0 bridgehead atoms. The van der Waals surface area contributed by atoms with Crippen LogP contribution in [0.25, 0.3) is 0 Å². The first-order valence-corrected chi connectivity index (χ1v) is 6.51. The molecule has 1 aliphatic heterocycles. The summed E-state index contributed by atoms with van der Waals surface area (Å²) in [6.45, 7) is 6.02. The van der Waals surface area contributed by atoms with Crippen molar-refractivity contribution in [3.05, 3.63) is 12.2 Å². The lowest BCUT2D eigenvalue weighted by Crippen LogP contribution is -2.43. The molecule has 0 amide bonds. The Labute approximate surface area is 91.7 Å². The second-order valence-electron chi connectivity index (χ2n) is 4.17. The Morgan fingerprint density at radius 3 is 2.93 bits per heavy atom. The number of hydrogen-bond acceptors (Lipinski definition) is 3. The van der Waals surface area contributed by atoms with Crippen LogP contribution >= 0.6 is 11.8 Å². The van der Waals surface area contributed by atoms with E-state index < -0.39 is 0 Å². The lowest BCUT2D eigenvalue weighted by atomic mass is 10.0. The number of hydrazine groups is 1. The maximum absolute atomic E-state index is 5.60. The van der Waals surface area contributed by atoms with Gasteiger partial charge in [0.25, 0.3) is 0 Å². The highest BCUT2D eigenvalue weighted by molar-refractivity contribution is 8.00. The highest BCUT2D eigenvalue weighted by atomic mass is 32.2. The molecule has 0 aliphatic carbocycles. The molecule has 0 saturated carbocycles. The molecule has 0 aromatic heterocycles. The lowest BCUT2D eigenvalue weighted by Gasteiger charge is -2.29. The van der Waals surface area contributed by atoms with E-state index in [1.165, 1.54) is 30.6 Å². The van der Waals surface area contributed by atoms with Crippen molar-refractivity contribution >= 4 is 11.8 Å². The van der Waals surface area contributed by atoms with E-state index in [9.17, 15) is 0 Å². The van der Waals surface area contributed by atoms with Gasteiger partial charge in [0.2, 0.25) is 0 Å². The summed E-state index contributed by atoms with van der Waals surface area (Å²) >= 11 is 2.08. The lowest BCUT2D eigenvalue weighted by molar-refractivity contribution is 0.449. The molecule has 3 heteroatoms. The molecule has 2 nitrogen and oxygen atoms in total. The fourth-order valence-corrected chi connectivity index (χ4v) is 3.32. The Balaban J connectivity index is 2.31. The van der Waals surface area contributed by atoms with Crippen LogP contribution in [0.15, 0.2) is 12.2 Å². The third-order valence-corrected chi connectivity index (χ3v) is 4.28. The smallest absolute Gasteiger partial charge is 0.0332 e. The first-order chi connectivity index (χ1) is 6.74. The summed E-state index contributed by atoms with van der Waals surface area (Å²) < 4.78 is 0. The molecule has 14 heavy (non-hydrogen) atoms. The van der Waals surface area contributed by atoms with E-state index in [-0.39, 0.29) is 0 Å². The van der Waals surface area contributed by atoms with Crippen LogP contribution in [0.3, 0.4) is 0 Å². The van der Waals surface area contributed by atoms with Crippen LogP contribution in [0.1, 0.15) is 39.0 Å². The summed E-state index contributed by atoms with van der Waals surface area (Å²) in [5, 5.41) is 0.716. The molecule has 0 aromatic carbocycles. The number of nitrogens with one attached hydrogen (secondary N) is 1. The van der Waals surface area contributed by atoms with Crippen LogP contribution in [0, 0.1) is 0 Å². The van der Waals surface area contributed by atoms with E-state index in [2.05, 4.69) is 30.7 Å². The van der Waals surface area contributed by atoms with E-state index in [1.54, 1.807) is 0 Å². The first kappa shape index (κ1) is 12.1. The monoisotopic (exact) mass is 214 g/mol. The standard InChI is InChI=1S/C11H22N2S/c1-9(2)6-7-10(13-12)11-5-3-4-8-14-11/h10-11,13H,1,3-8,12H2,2H3. The van der Waals surface area contributed by atoms with Crippen molar-refractivity contribution in [2.75, 3.05) is 5.75 Å². The number of allylic oxidation sites excluding steroid dienone is 1. The minimum atomic E-state index is 0.469. The Bertz CT molecular complexity index is 176. The van der Waals surface area contributed by atoms with E-state index in [4.69, 9.17) is 5.84 Å². The second-order valence-corrected chi connectivity index (χ2v) is 5.52. The maximum atomic E-state index is 5.60. The Hall–Kier alpha value is 0.0100. The van der Waals surface area contributed by atoms with Crippen molar-refractivity contribution in [1.82, 2.24) is 5.43 Å². The van der Waals surface area contributed by atoms with Gasteiger partial charge in [-0.05, 0) is 38.4 Å². The van der Waals surface area contributed by atoms with Crippen molar-refractivity contribution in [3.63, 3.8) is 0 Å². The van der Waals surface area contributed by atoms with E-state index in [1.807, 2.05) is 0 Å². The van der Waals surface area contributed by atoms with Gasteiger partial charge >= 0.3 is 0 Å². The quantitative estimate of drug-likeness (QED) is 0.419. The molecule has 82 valence electrons. The van der Waals surface area contributed by atoms with Gasteiger partial charge in [-0.3, -0.25) is 11.3 Å².